The van der Waals surface area contributed by atoms with Crippen molar-refractivity contribution < 1.29 is 0 Å². The number of benzene rings is 1. The largest absolute Gasteiger partial charge is 0.325 e. The van der Waals surface area contributed by atoms with E-state index in [2.05, 4.69) is 26.0 Å². The zero-order valence-corrected chi connectivity index (χ0v) is 11.1. The molecule has 16 heavy (non-hydrogen) atoms. The molecule has 0 bridgehead atoms. The Hall–Kier alpha value is -0.530. The molecule has 2 N–H and O–H groups in total. The normalized spacial score (nSPS) is 14.8. The van der Waals surface area contributed by atoms with Crippen LogP contribution in [-0.2, 0) is 6.42 Å². The Morgan fingerprint density at radius 3 is 2.38 bits per heavy atom. The highest BCUT2D eigenvalue weighted by molar-refractivity contribution is 6.30. The monoisotopic (exact) mass is 239 g/mol. The van der Waals surface area contributed by atoms with Gasteiger partial charge in [0.25, 0.3) is 0 Å². The smallest absolute Gasteiger partial charge is 0.0406 e. The minimum Gasteiger partial charge on any atom is -0.325 e. The molecule has 1 rings (SSSR count). The summed E-state index contributed by atoms with van der Waals surface area (Å²) in [4.78, 5) is 0. The Kier molecular flexibility index (Phi) is 5.30. The van der Waals surface area contributed by atoms with Gasteiger partial charge in [-0.25, -0.2) is 0 Å². The molecule has 0 fully saturated rings. The lowest BCUT2D eigenvalue weighted by Crippen LogP contribution is -2.38. The van der Waals surface area contributed by atoms with Gasteiger partial charge in [-0.3, -0.25) is 0 Å². The van der Waals surface area contributed by atoms with E-state index in [1.165, 1.54) is 24.8 Å². The minimum absolute atomic E-state index is 0.0942. The van der Waals surface area contributed by atoms with Crippen LogP contribution in [0.2, 0.25) is 5.02 Å². The first-order valence-electron chi connectivity index (χ1n) is 6.07. The van der Waals surface area contributed by atoms with Crippen LogP contribution in [0, 0.1) is 0 Å². The number of nitrogens with two attached hydrogens (primary N) is 1. The Balaban J connectivity index is 2.48. The molecule has 2 heteroatoms. The molecule has 0 radical (unpaired) electrons. The summed E-state index contributed by atoms with van der Waals surface area (Å²) in [6.45, 7) is 4.35. The van der Waals surface area contributed by atoms with Crippen LogP contribution < -0.4 is 5.73 Å². The molecular formula is C14H22ClN. The summed E-state index contributed by atoms with van der Waals surface area (Å²) in [5.41, 5.74) is 7.47. The van der Waals surface area contributed by atoms with E-state index >= 15 is 0 Å². The molecule has 0 spiro atoms. The second-order valence-corrected chi connectivity index (χ2v) is 5.35. The fourth-order valence-corrected chi connectivity index (χ4v) is 2.06. The van der Waals surface area contributed by atoms with Crippen molar-refractivity contribution in [1.82, 2.24) is 0 Å². The summed E-state index contributed by atoms with van der Waals surface area (Å²) in [6.07, 6.45) is 5.75. The molecule has 1 atom stereocenters. The third-order valence-corrected chi connectivity index (χ3v) is 3.12. The predicted molar refractivity (Wildman–Crippen MR) is 71.9 cm³/mol. The van der Waals surface area contributed by atoms with E-state index in [1.807, 2.05) is 12.1 Å². The van der Waals surface area contributed by atoms with Gasteiger partial charge in [0.15, 0.2) is 0 Å². The van der Waals surface area contributed by atoms with Gasteiger partial charge >= 0.3 is 0 Å². The van der Waals surface area contributed by atoms with Crippen LogP contribution >= 0.6 is 11.6 Å². The van der Waals surface area contributed by atoms with Gasteiger partial charge in [0, 0.05) is 10.6 Å². The number of hydrogen-bond donors (Lipinski definition) is 1. The summed E-state index contributed by atoms with van der Waals surface area (Å²) in [7, 11) is 0. The molecule has 0 aliphatic carbocycles. The predicted octanol–water partition coefficient (Wildman–Crippen LogP) is 4.18. The van der Waals surface area contributed by atoms with E-state index in [4.69, 9.17) is 17.3 Å². The van der Waals surface area contributed by atoms with Gasteiger partial charge in [-0.05, 0) is 37.5 Å². The Bertz CT molecular complexity index is 303. The maximum atomic E-state index is 6.29. The SMILES string of the molecule is CCCCCC(C)(N)Cc1ccc(Cl)cc1. The van der Waals surface area contributed by atoms with E-state index in [-0.39, 0.29) is 5.54 Å². The van der Waals surface area contributed by atoms with Crippen LogP contribution in [0.1, 0.15) is 45.1 Å². The molecule has 0 saturated carbocycles. The molecule has 0 aromatic heterocycles. The average Bonchev–Trinajstić information content (AvgIpc) is 2.21. The molecule has 0 amide bonds. The number of unbranched alkanes of at least 4 members (excludes halogenated alkanes) is 2. The Morgan fingerprint density at radius 1 is 1.19 bits per heavy atom. The van der Waals surface area contributed by atoms with Crippen molar-refractivity contribution in [3.05, 3.63) is 34.9 Å². The molecule has 0 aliphatic rings. The second-order valence-electron chi connectivity index (χ2n) is 4.91. The van der Waals surface area contributed by atoms with Crippen molar-refractivity contribution in [3.8, 4) is 0 Å². The highest BCUT2D eigenvalue weighted by atomic mass is 35.5. The molecule has 0 heterocycles. The van der Waals surface area contributed by atoms with Crippen molar-refractivity contribution in [3.63, 3.8) is 0 Å². The zero-order valence-electron chi connectivity index (χ0n) is 10.3. The summed E-state index contributed by atoms with van der Waals surface area (Å²) in [5, 5.41) is 0.786. The van der Waals surface area contributed by atoms with Crippen LogP contribution in [0.5, 0.6) is 0 Å². The van der Waals surface area contributed by atoms with Crippen molar-refractivity contribution in [2.75, 3.05) is 0 Å². The van der Waals surface area contributed by atoms with Gasteiger partial charge in [-0.1, -0.05) is 49.9 Å². The summed E-state index contributed by atoms with van der Waals surface area (Å²) in [5.74, 6) is 0. The lowest BCUT2D eigenvalue weighted by Gasteiger charge is -2.24. The van der Waals surface area contributed by atoms with Crippen molar-refractivity contribution >= 4 is 11.6 Å². The standard InChI is InChI=1S/C14H22ClN/c1-3-4-5-10-14(2,16)11-12-6-8-13(15)9-7-12/h6-9H,3-5,10-11,16H2,1-2H3. The van der Waals surface area contributed by atoms with Crippen molar-refractivity contribution in [2.45, 2.75) is 51.5 Å². The van der Waals surface area contributed by atoms with Crippen LogP contribution in [0.15, 0.2) is 24.3 Å². The first-order valence-corrected chi connectivity index (χ1v) is 6.44. The van der Waals surface area contributed by atoms with E-state index in [1.54, 1.807) is 0 Å². The first-order chi connectivity index (χ1) is 7.53. The van der Waals surface area contributed by atoms with E-state index in [0.29, 0.717) is 0 Å². The van der Waals surface area contributed by atoms with Gasteiger partial charge in [0.05, 0.1) is 0 Å². The van der Waals surface area contributed by atoms with E-state index < -0.39 is 0 Å². The fourth-order valence-electron chi connectivity index (χ4n) is 1.94. The Morgan fingerprint density at radius 2 is 1.81 bits per heavy atom. The van der Waals surface area contributed by atoms with E-state index in [0.717, 1.165) is 17.9 Å². The number of hydrogen-bond acceptors (Lipinski definition) is 1. The summed E-state index contributed by atoms with van der Waals surface area (Å²) >= 11 is 5.85. The van der Waals surface area contributed by atoms with Crippen molar-refractivity contribution in [2.24, 2.45) is 5.73 Å². The highest BCUT2D eigenvalue weighted by Crippen LogP contribution is 2.19. The fraction of sp³-hybridized carbons (Fsp3) is 0.571. The molecule has 1 unspecified atom stereocenters. The van der Waals surface area contributed by atoms with Crippen LogP contribution in [0.4, 0.5) is 0 Å². The number of rotatable bonds is 6. The molecule has 1 nitrogen and oxygen atoms in total. The summed E-state index contributed by atoms with van der Waals surface area (Å²) in [6, 6.07) is 7.98. The number of halogens is 1. The Labute approximate surface area is 104 Å². The van der Waals surface area contributed by atoms with Gasteiger partial charge < -0.3 is 5.73 Å². The highest BCUT2D eigenvalue weighted by Gasteiger charge is 2.18. The maximum Gasteiger partial charge on any atom is 0.0406 e. The van der Waals surface area contributed by atoms with Crippen molar-refractivity contribution in [1.29, 1.82) is 0 Å². The van der Waals surface area contributed by atoms with E-state index in [9.17, 15) is 0 Å². The summed E-state index contributed by atoms with van der Waals surface area (Å²) < 4.78 is 0. The molecule has 0 saturated heterocycles. The van der Waals surface area contributed by atoms with Crippen LogP contribution in [0.3, 0.4) is 0 Å². The molecule has 90 valence electrons. The van der Waals surface area contributed by atoms with Gasteiger partial charge in [-0.2, -0.15) is 0 Å². The van der Waals surface area contributed by atoms with Gasteiger partial charge in [0.1, 0.15) is 0 Å². The van der Waals surface area contributed by atoms with Crippen LogP contribution in [-0.4, -0.2) is 5.54 Å². The quantitative estimate of drug-likeness (QED) is 0.741. The maximum absolute atomic E-state index is 6.29. The lowest BCUT2D eigenvalue weighted by atomic mass is 9.88. The zero-order chi connectivity index (χ0) is 12.0. The molecule has 0 aliphatic heterocycles. The third kappa shape index (κ3) is 5.00. The molecular weight excluding hydrogens is 218 g/mol. The molecule has 1 aromatic carbocycles. The minimum atomic E-state index is -0.0942. The van der Waals surface area contributed by atoms with Gasteiger partial charge in [0.2, 0.25) is 0 Å². The second kappa shape index (κ2) is 6.27. The lowest BCUT2D eigenvalue weighted by molar-refractivity contribution is 0.408. The van der Waals surface area contributed by atoms with Gasteiger partial charge in [-0.15, -0.1) is 0 Å². The molecule has 1 aromatic rings. The van der Waals surface area contributed by atoms with Crippen LogP contribution in [0.25, 0.3) is 0 Å². The topological polar surface area (TPSA) is 26.0 Å². The third-order valence-electron chi connectivity index (χ3n) is 2.87. The first kappa shape index (κ1) is 13.5. The average molecular weight is 240 g/mol.